The molecule has 1 heterocycles. The van der Waals surface area contributed by atoms with Gasteiger partial charge in [0.05, 0.1) is 45.5 Å². The minimum absolute atomic E-state index is 0.224. The van der Waals surface area contributed by atoms with Crippen LogP contribution in [0.5, 0.6) is 11.5 Å². The number of fused-ring (bicyclic) bond motifs is 1. The van der Waals surface area contributed by atoms with Crippen LogP contribution in [0.2, 0.25) is 0 Å². The van der Waals surface area contributed by atoms with Gasteiger partial charge in [-0.3, -0.25) is 0 Å². The zero-order valence-corrected chi connectivity index (χ0v) is 12.7. The molecule has 0 aromatic heterocycles. The molecule has 0 aliphatic carbocycles. The largest absolute Gasteiger partial charge is 0.487 e. The lowest BCUT2D eigenvalue weighted by Gasteiger charge is -2.19. The summed E-state index contributed by atoms with van der Waals surface area (Å²) < 4.78 is 27.8. The monoisotopic (exact) mass is 316 g/mol. The van der Waals surface area contributed by atoms with Crippen molar-refractivity contribution in [3.05, 3.63) is 24.3 Å². The first-order valence-corrected chi connectivity index (χ1v) is 7.61. The fraction of sp³-hybridized carbons (Fsp3) is 0.600. The van der Waals surface area contributed by atoms with Crippen molar-refractivity contribution < 1.29 is 23.7 Å². The summed E-state index contributed by atoms with van der Waals surface area (Å²) in [4.78, 5) is 0. The van der Waals surface area contributed by atoms with Gasteiger partial charge in [-0.15, -0.1) is 11.6 Å². The molecule has 1 aliphatic heterocycles. The Morgan fingerprint density at radius 3 is 2.19 bits per heavy atom. The molecule has 0 saturated carbocycles. The topological polar surface area (TPSA) is 46.2 Å². The summed E-state index contributed by atoms with van der Waals surface area (Å²) in [6.07, 6.45) is -0.224. The number of hydrogen-bond donors (Lipinski definition) is 0. The molecule has 5 nitrogen and oxygen atoms in total. The van der Waals surface area contributed by atoms with Crippen molar-refractivity contribution in [2.75, 3.05) is 52.1 Å². The van der Waals surface area contributed by atoms with E-state index < -0.39 is 0 Å². The third-order valence-corrected chi connectivity index (χ3v) is 3.19. The van der Waals surface area contributed by atoms with Gasteiger partial charge in [0, 0.05) is 0 Å². The van der Waals surface area contributed by atoms with Crippen LogP contribution >= 0.6 is 11.6 Å². The Hall–Kier alpha value is -1.01. The molecule has 1 aromatic carbocycles. The van der Waals surface area contributed by atoms with E-state index in [0.29, 0.717) is 63.6 Å². The highest BCUT2D eigenvalue weighted by molar-refractivity contribution is 6.18. The second-order valence-electron chi connectivity index (χ2n) is 4.49. The Bertz CT molecular complexity index is 401. The van der Waals surface area contributed by atoms with Gasteiger partial charge >= 0.3 is 0 Å². The Kier molecular flexibility index (Phi) is 7.67. The van der Waals surface area contributed by atoms with E-state index >= 15 is 0 Å². The third kappa shape index (κ3) is 6.09. The summed E-state index contributed by atoms with van der Waals surface area (Å²) in [5, 5.41) is 0. The van der Waals surface area contributed by atoms with E-state index in [2.05, 4.69) is 0 Å². The SMILES string of the molecule is ClCC1COCCOCCOCCOc2ccccc2O1. The Morgan fingerprint density at radius 1 is 0.857 bits per heavy atom. The molecule has 0 radical (unpaired) electrons. The summed E-state index contributed by atoms with van der Waals surface area (Å²) >= 11 is 5.93. The number of ether oxygens (including phenoxy) is 5. The first-order chi connectivity index (χ1) is 10.4. The first kappa shape index (κ1) is 16.4. The van der Waals surface area contributed by atoms with Gasteiger partial charge in [-0.1, -0.05) is 12.1 Å². The Balaban J connectivity index is 1.99. The summed E-state index contributed by atoms with van der Waals surface area (Å²) in [5.41, 5.74) is 0. The molecule has 0 spiro atoms. The fourth-order valence-electron chi connectivity index (χ4n) is 1.82. The van der Waals surface area contributed by atoms with Crippen molar-refractivity contribution in [3.63, 3.8) is 0 Å². The average molecular weight is 317 g/mol. The normalized spacial score (nSPS) is 22.0. The van der Waals surface area contributed by atoms with Gasteiger partial charge in [0.15, 0.2) is 11.5 Å². The van der Waals surface area contributed by atoms with Crippen molar-refractivity contribution in [3.8, 4) is 11.5 Å². The molecule has 1 aliphatic rings. The summed E-state index contributed by atoms with van der Waals surface area (Å²) in [5.74, 6) is 1.69. The minimum atomic E-state index is -0.224. The van der Waals surface area contributed by atoms with Crippen LogP contribution < -0.4 is 9.47 Å². The van der Waals surface area contributed by atoms with E-state index in [-0.39, 0.29) is 6.10 Å². The van der Waals surface area contributed by atoms with Gasteiger partial charge in [-0.2, -0.15) is 0 Å². The van der Waals surface area contributed by atoms with Crippen LogP contribution in [0.3, 0.4) is 0 Å². The number of rotatable bonds is 1. The molecular formula is C15H21ClO5. The molecule has 21 heavy (non-hydrogen) atoms. The molecule has 1 aromatic rings. The maximum Gasteiger partial charge on any atom is 0.161 e. The lowest BCUT2D eigenvalue weighted by molar-refractivity contribution is -0.00149. The molecule has 118 valence electrons. The van der Waals surface area contributed by atoms with Gasteiger partial charge in [-0.05, 0) is 12.1 Å². The predicted octanol–water partition coefficient (Wildman–Crippen LogP) is 2.11. The lowest BCUT2D eigenvalue weighted by atomic mass is 10.3. The third-order valence-electron chi connectivity index (χ3n) is 2.85. The zero-order chi connectivity index (χ0) is 14.8. The van der Waals surface area contributed by atoms with Gasteiger partial charge in [0.2, 0.25) is 0 Å². The van der Waals surface area contributed by atoms with Crippen molar-refractivity contribution in [2.45, 2.75) is 6.10 Å². The van der Waals surface area contributed by atoms with Crippen LogP contribution in [-0.4, -0.2) is 58.2 Å². The highest BCUT2D eigenvalue weighted by Gasteiger charge is 2.13. The highest BCUT2D eigenvalue weighted by atomic mass is 35.5. The second kappa shape index (κ2) is 9.84. The molecule has 2 rings (SSSR count). The second-order valence-corrected chi connectivity index (χ2v) is 4.80. The number of alkyl halides is 1. The van der Waals surface area contributed by atoms with Crippen molar-refractivity contribution in [2.24, 2.45) is 0 Å². The van der Waals surface area contributed by atoms with E-state index in [4.69, 9.17) is 35.3 Å². The summed E-state index contributed by atoms with van der Waals surface area (Å²) in [6.45, 7) is 3.52. The van der Waals surface area contributed by atoms with E-state index in [1.54, 1.807) is 0 Å². The predicted molar refractivity (Wildman–Crippen MR) is 79.5 cm³/mol. The number of hydrogen-bond acceptors (Lipinski definition) is 5. The van der Waals surface area contributed by atoms with Crippen LogP contribution in [0.25, 0.3) is 0 Å². The number of benzene rings is 1. The Morgan fingerprint density at radius 2 is 1.48 bits per heavy atom. The molecule has 0 saturated heterocycles. The molecule has 6 heteroatoms. The van der Waals surface area contributed by atoms with Crippen molar-refractivity contribution in [1.82, 2.24) is 0 Å². The average Bonchev–Trinajstić information content (AvgIpc) is 2.52. The van der Waals surface area contributed by atoms with Gasteiger partial charge < -0.3 is 23.7 Å². The molecule has 1 atom stereocenters. The molecule has 0 fully saturated rings. The molecule has 0 N–H and O–H groups in total. The first-order valence-electron chi connectivity index (χ1n) is 7.08. The van der Waals surface area contributed by atoms with Gasteiger partial charge in [0.1, 0.15) is 12.7 Å². The minimum Gasteiger partial charge on any atom is -0.487 e. The molecular weight excluding hydrogens is 296 g/mol. The zero-order valence-electron chi connectivity index (χ0n) is 12.0. The Labute approximate surface area is 130 Å². The van der Waals surface area contributed by atoms with E-state index in [1.165, 1.54) is 0 Å². The molecule has 0 bridgehead atoms. The van der Waals surface area contributed by atoms with Crippen LogP contribution in [0.15, 0.2) is 24.3 Å². The fourth-order valence-corrected chi connectivity index (χ4v) is 1.97. The van der Waals surface area contributed by atoms with E-state index in [9.17, 15) is 0 Å². The lowest BCUT2D eigenvalue weighted by Crippen LogP contribution is -2.26. The maximum atomic E-state index is 5.93. The van der Waals surface area contributed by atoms with Crippen LogP contribution in [0.4, 0.5) is 0 Å². The molecule has 0 amide bonds. The quantitative estimate of drug-likeness (QED) is 0.743. The van der Waals surface area contributed by atoms with Crippen LogP contribution in [0.1, 0.15) is 0 Å². The van der Waals surface area contributed by atoms with Gasteiger partial charge in [-0.25, -0.2) is 0 Å². The molecule has 1 unspecified atom stereocenters. The van der Waals surface area contributed by atoms with E-state index in [0.717, 1.165) is 0 Å². The van der Waals surface area contributed by atoms with E-state index in [1.807, 2.05) is 24.3 Å². The highest BCUT2D eigenvalue weighted by Crippen LogP contribution is 2.27. The number of halogens is 1. The standard InChI is InChI=1S/C15H21ClO5/c16-11-13-12-19-8-7-17-5-6-18-9-10-20-14-3-1-2-4-15(14)21-13/h1-4,13H,5-12H2. The summed E-state index contributed by atoms with van der Waals surface area (Å²) in [6, 6.07) is 7.52. The van der Waals surface area contributed by atoms with Crippen LogP contribution in [-0.2, 0) is 14.2 Å². The van der Waals surface area contributed by atoms with Crippen LogP contribution in [0, 0.1) is 0 Å². The smallest absolute Gasteiger partial charge is 0.161 e. The van der Waals surface area contributed by atoms with Crippen molar-refractivity contribution >= 4 is 11.6 Å². The maximum absolute atomic E-state index is 5.93. The van der Waals surface area contributed by atoms with Crippen molar-refractivity contribution in [1.29, 1.82) is 0 Å². The van der Waals surface area contributed by atoms with Gasteiger partial charge in [0.25, 0.3) is 0 Å². The summed E-state index contributed by atoms with van der Waals surface area (Å²) in [7, 11) is 0. The number of para-hydroxylation sites is 2.